The molecule has 1 heterocycles. The molecule has 33 heavy (non-hydrogen) atoms. The number of hydrogen-bond acceptors (Lipinski definition) is 3. The number of carbonyl (C=O) groups is 1. The fraction of sp³-hybridized carbons (Fsp3) is 0.519. The zero-order valence-corrected chi connectivity index (χ0v) is 21.2. The Bertz CT molecular complexity index is 1010. The van der Waals surface area contributed by atoms with Crippen LogP contribution in [0.3, 0.4) is 0 Å². The maximum Gasteiger partial charge on any atom is 0.224 e. The van der Waals surface area contributed by atoms with Gasteiger partial charge in [0, 0.05) is 13.1 Å². The number of sulfonamides is 1. The Morgan fingerprint density at radius 3 is 2.39 bits per heavy atom. The van der Waals surface area contributed by atoms with Gasteiger partial charge in [-0.15, -0.1) is 0 Å². The fourth-order valence-corrected chi connectivity index (χ4v) is 5.91. The summed E-state index contributed by atoms with van der Waals surface area (Å²) in [6.07, 6.45) is 2.76. The summed E-state index contributed by atoms with van der Waals surface area (Å²) in [5.74, 6) is -0.252. The van der Waals surface area contributed by atoms with Crippen molar-refractivity contribution in [2.45, 2.75) is 64.8 Å². The van der Waals surface area contributed by atoms with E-state index >= 15 is 0 Å². The first-order valence-electron chi connectivity index (χ1n) is 12.0. The van der Waals surface area contributed by atoms with E-state index in [9.17, 15) is 13.2 Å². The highest BCUT2D eigenvalue weighted by Gasteiger charge is 2.32. The molecule has 1 amide bonds. The van der Waals surface area contributed by atoms with E-state index in [1.165, 1.54) is 9.87 Å². The topological polar surface area (TPSA) is 66.5 Å². The van der Waals surface area contributed by atoms with Gasteiger partial charge in [-0.2, -0.15) is 0 Å². The molecule has 1 N–H and O–H groups in total. The average molecular weight is 471 g/mol. The highest BCUT2D eigenvalue weighted by atomic mass is 32.2. The fourth-order valence-electron chi connectivity index (χ4n) is 4.33. The third-order valence-electron chi connectivity index (χ3n) is 6.49. The highest BCUT2D eigenvalue weighted by molar-refractivity contribution is 7.89. The standard InChI is InChI=1S/C27H38N2O3S/c1-21(23-14-16-25(17-15-23)27(2,3)4)28-26(30)24-13-8-18-29(20-24)33(31,32)19-9-12-22-10-6-5-7-11-22/h5-7,10-11,14-17,21,24H,8-9,12-13,18-20H2,1-4H3,(H,28,30)/t21-,24+/m1/s1. The van der Waals surface area contributed by atoms with E-state index in [0.29, 0.717) is 19.4 Å². The van der Waals surface area contributed by atoms with Gasteiger partial charge in [-0.1, -0.05) is 75.4 Å². The third kappa shape index (κ3) is 7.15. The molecular formula is C27H38N2O3S. The molecule has 0 spiro atoms. The normalized spacial score (nSPS) is 18.6. The highest BCUT2D eigenvalue weighted by Crippen LogP contribution is 2.25. The van der Waals surface area contributed by atoms with Crippen molar-refractivity contribution in [3.8, 4) is 0 Å². The summed E-state index contributed by atoms with van der Waals surface area (Å²) >= 11 is 0. The molecule has 0 aliphatic carbocycles. The molecule has 5 nitrogen and oxygen atoms in total. The van der Waals surface area contributed by atoms with Crippen LogP contribution in [0.4, 0.5) is 0 Å². The number of amides is 1. The van der Waals surface area contributed by atoms with Gasteiger partial charge >= 0.3 is 0 Å². The summed E-state index contributed by atoms with van der Waals surface area (Å²) in [5.41, 5.74) is 3.54. The Hall–Kier alpha value is -2.18. The summed E-state index contributed by atoms with van der Waals surface area (Å²) in [5, 5.41) is 3.10. The van der Waals surface area contributed by atoms with Crippen LogP contribution >= 0.6 is 0 Å². The number of rotatable bonds is 8. The molecule has 2 aromatic carbocycles. The predicted molar refractivity (Wildman–Crippen MR) is 135 cm³/mol. The number of nitrogens with one attached hydrogen (secondary N) is 1. The summed E-state index contributed by atoms with van der Waals surface area (Å²) in [4.78, 5) is 12.9. The molecule has 0 bridgehead atoms. The lowest BCUT2D eigenvalue weighted by atomic mass is 9.86. The number of piperidine rings is 1. The quantitative estimate of drug-likeness (QED) is 0.601. The van der Waals surface area contributed by atoms with E-state index in [2.05, 4.69) is 50.4 Å². The first-order valence-corrected chi connectivity index (χ1v) is 13.6. The van der Waals surface area contributed by atoms with Crippen molar-refractivity contribution in [1.29, 1.82) is 0 Å². The van der Waals surface area contributed by atoms with Crippen molar-refractivity contribution in [3.05, 3.63) is 71.3 Å². The Morgan fingerprint density at radius 2 is 1.76 bits per heavy atom. The van der Waals surface area contributed by atoms with Crippen LogP contribution < -0.4 is 5.32 Å². The molecule has 1 aliphatic heterocycles. The van der Waals surface area contributed by atoms with Gasteiger partial charge in [-0.3, -0.25) is 4.79 Å². The molecule has 0 aromatic heterocycles. The van der Waals surface area contributed by atoms with Crippen molar-refractivity contribution in [2.24, 2.45) is 5.92 Å². The molecule has 3 rings (SSSR count). The molecule has 2 atom stereocenters. The zero-order valence-electron chi connectivity index (χ0n) is 20.4. The largest absolute Gasteiger partial charge is 0.349 e. The molecule has 1 fully saturated rings. The first kappa shape index (κ1) is 25.4. The van der Waals surface area contributed by atoms with E-state index in [-0.39, 0.29) is 35.6 Å². The van der Waals surface area contributed by atoms with Crippen LogP contribution in [0.1, 0.15) is 69.7 Å². The molecule has 6 heteroatoms. The molecule has 1 aliphatic rings. The van der Waals surface area contributed by atoms with Gasteiger partial charge in [0.1, 0.15) is 0 Å². The predicted octanol–water partition coefficient (Wildman–Crippen LogP) is 4.84. The zero-order chi connectivity index (χ0) is 24.1. The summed E-state index contributed by atoms with van der Waals surface area (Å²) in [6.45, 7) is 9.29. The Morgan fingerprint density at radius 1 is 1.09 bits per heavy atom. The van der Waals surface area contributed by atoms with Crippen LogP contribution in [-0.4, -0.2) is 37.5 Å². The van der Waals surface area contributed by atoms with Crippen molar-refractivity contribution < 1.29 is 13.2 Å². The van der Waals surface area contributed by atoms with E-state index in [4.69, 9.17) is 0 Å². The van der Waals surface area contributed by atoms with Crippen molar-refractivity contribution >= 4 is 15.9 Å². The van der Waals surface area contributed by atoms with Gasteiger partial charge in [0.2, 0.25) is 15.9 Å². The van der Waals surface area contributed by atoms with Crippen LogP contribution in [0, 0.1) is 5.92 Å². The number of hydrogen-bond donors (Lipinski definition) is 1. The second-order valence-electron chi connectivity index (χ2n) is 10.2. The van der Waals surface area contributed by atoms with Crippen LogP contribution in [-0.2, 0) is 26.7 Å². The van der Waals surface area contributed by atoms with Crippen LogP contribution in [0.15, 0.2) is 54.6 Å². The summed E-state index contributed by atoms with van der Waals surface area (Å²) in [7, 11) is -3.37. The second kappa shape index (κ2) is 10.8. The molecule has 180 valence electrons. The molecule has 0 unspecified atom stereocenters. The van der Waals surface area contributed by atoms with Gasteiger partial charge < -0.3 is 5.32 Å². The van der Waals surface area contributed by atoms with Crippen LogP contribution in [0.25, 0.3) is 0 Å². The van der Waals surface area contributed by atoms with Gasteiger partial charge in [0.05, 0.1) is 17.7 Å². The molecule has 0 radical (unpaired) electrons. The minimum atomic E-state index is -3.37. The lowest BCUT2D eigenvalue weighted by molar-refractivity contribution is -0.126. The Kier molecular flexibility index (Phi) is 8.35. The van der Waals surface area contributed by atoms with Crippen molar-refractivity contribution in [3.63, 3.8) is 0 Å². The van der Waals surface area contributed by atoms with Gasteiger partial charge in [-0.05, 0) is 54.7 Å². The first-order chi connectivity index (χ1) is 15.6. The van der Waals surface area contributed by atoms with E-state index in [0.717, 1.165) is 24.0 Å². The van der Waals surface area contributed by atoms with Gasteiger partial charge in [0.25, 0.3) is 0 Å². The van der Waals surface area contributed by atoms with E-state index in [1.54, 1.807) is 0 Å². The SMILES string of the molecule is C[C@@H](NC(=O)[C@H]1CCCN(S(=O)(=O)CCCc2ccccc2)C1)c1ccc(C(C)(C)C)cc1. The minimum Gasteiger partial charge on any atom is -0.349 e. The molecule has 2 aromatic rings. The molecule has 0 saturated carbocycles. The van der Waals surface area contributed by atoms with E-state index < -0.39 is 10.0 Å². The van der Waals surface area contributed by atoms with Crippen molar-refractivity contribution in [1.82, 2.24) is 9.62 Å². The van der Waals surface area contributed by atoms with Crippen LogP contribution in [0.2, 0.25) is 0 Å². The summed E-state index contributed by atoms with van der Waals surface area (Å²) in [6, 6.07) is 18.2. The van der Waals surface area contributed by atoms with E-state index in [1.807, 2.05) is 37.3 Å². The van der Waals surface area contributed by atoms with Crippen LogP contribution in [0.5, 0.6) is 0 Å². The number of nitrogens with zero attached hydrogens (tertiary/aromatic N) is 1. The number of aryl methyl sites for hydroxylation is 1. The smallest absolute Gasteiger partial charge is 0.224 e. The molecule has 1 saturated heterocycles. The maximum atomic E-state index is 12.9. The molecular weight excluding hydrogens is 432 g/mol. The average Bonchev–Trinajstić information content (AvgIpc) is 2.79. The minimum absolute atomic E-state index is 0.0633. The lowest BCUT2D eigenvalue weighted by Crippen LogP contribution is -2.46. The summed E-state index contributed by atoms with van der Waals surface area (Å²) < 4.78 is 27.3. The second-order valence-corrected chi connectivity index (χ2v) is 12.3. The lowest BCUT2D eigenvalue weighted by Gasteiger charge is -2.32. The third-order valence-corrected chi connectivity index (χ3v) is 8.42. The van der Waals surface area contributed by atoms with Gasteiger partial charge in [-0.25, -0.2) is 12.7 Å². The Balaban J connectivity index is 1.53. The Labute approximate surface area is 199 Å². The van der Waals surface area contributed by atoms with Crippen molar-refractivity contribution in [2.75, 3.05) is 18.8 Å². The maximum absolute atomic E-state index is 12.9. The monoisotopic (exact) mass is 470 g/mol. The number of benzene rings is 2. The number of carbonyl (C=O) groups excluding carboxylic acids is 1. The van der Waals surface area contributed by atoms with Gasteiger partial charge in [0.15, 0.2) is 0 Å².